The van der Waals surface area contributed by atoms with Crippen molar-refractivity contribution in [2.24, 2.45) is 0 Å². The zero-order valence-electron chi connectivity index (χ0n) is 11.2. The Morgan fingerprint density at radius 3 is 2.90 bits per heavy atom. The topological polar surface area (TPSA) is 63.6 Å². The summed E-state index contributed by atoms with van der Waals surface area (Å²) < 4.78 is 0. The van der Waals surface area contributed by atoms with E-state index < -0.39 is 0 Å². The molecular formula is C15H15N5. The predicted octanol–water partition coefficient (Wildman–Crippen LogP) is 2.38. The van der Waals surface area contributed by atoms with Crippen LogP contribution in [0, 0.1) is 6.92 Å². The van der Waals surface area contributed by atoms with Crippen molar-refractivity contribution in [1.29, 1.82) is 0 Å². The molecule has 0 fully saturated rings. The first-order valence-electron chi connectivity index (χ1n) is 6.54. The molecule has 0 amide bonds. The van der Waals surface area contributed by atoms with E-state index in [1.54, 1.807) is 12.4 Å². The maximum atomic E-state index is 4.40. The van der Waals surface area contributed by atoms with Crippen LogP contribution in [-0.2, 0) is 6.42 Å². The van der Waals surface area contributed by atoms with Gasteiger partial charge in [-0.25, -0.2) is 15.0 Å². The monoisotopic (exact) mass is 265 g/mol. The molecule has 3 aromatic heterocycles. The SMILES string of the molecule is Cc1ncc2c(NCCc3cccnc3)nccc2n1. The average Bonchev–Trinajstić information content (AvgIpc) is 2.48. The van der Waals surface area contributed by atoms with Crippen molar-refractivity contribution >= 4 is 16.7 Å². The number of anilines is 1. The van der Waals surface area contributed by atoms with Crippen molar-refractivity contribution in [2.45, 2.75) is 13.3 Å². The molecule has 20 heavy (non-hydrogen) atoms. The third-order valence-corrected chi connectivity index (χ3v) is 3.06. The van der Waals surface area contributed by atoms with E-state index in [-0.39, 0.29) is 0 Å². The minimum Gasteiger partial charge on any atom is -0.369 e. The van der Waals surface area contributed by atoms with Crippen LogP contribution in [0.3, 0.4) is 0 Å². The largest absolute Gasteiger partial charge is 0.369 e. The zero-order chi connectivity index (χ0) is 13.8. The van der Waals surface area contributed by atoms with Crippen molar-refractivity contribution in [1.82, 2.24) is 19.9 Å². The molecule has 0 aliphatic heterocycles. The van der Waals surface area contributed by atoms with E-state index in [0.717, 1.165) is 35.5 Å². The third-order valence-electron chi connectivity index (χ3n) is 3.06. The van der Waals surface area contributed by atoms with Gasteiger partial charge in [0.2, 0.25) is 0 Å². The summed E-state index contributed by atoms with van der Waals surface area (Å²) in [6.45, 7) is 2.68. The first kappa shape index (κ1) is 12.5. The summed E-state index contributed by atoms with van der Waals surface area (Å²) >= 11 is 0. The Balaban J connectivity index is 1.74. The Labute approximate surface area is 117 Å². The molecule has 0 bridgehead atoms. The minimum atomic E-state index is 0.769. The Hall–Kier alpha value is -2.56. The second-order valence-corrected chi connectivity index (χ2v) is 4.55. The van der Waals surface area contributed by atoms with E-state index in [4.69, 9.17) is 0 Å². The molecule has 0 aromatic carbocycles. The van der Waals surface area contributed by atoms with Crippen molar-refractivity contribution in [3.05, 3.63) is 54.4 Å². The van der Waals surface area contributed by atoms with Gasteiger partial charge in [-0.2, -0.15) is 0 Å². The fourth-order valence-corrected chi connectivity index (χ4v) is 2.06. The van der Waals surface area contributed by atoms with Gasteiger partial charge >= 0.3 is 0 Å². The standard InChI is InChI=1S/C15H15N5/c1-11-19-10-13-14(20-11)5-8-18-15(13)17-7-4-12-3-2-6-16-9-12/h2-3,5-6,8-10H,4,7H2,1H3,(H,17,18). The number of pyridine rings is 2. The maximum Gasteiger partial charge on any atom is 0.136 e. The van der Waals surface area contributed by atoms with Gasteiger partial charge in [0.25, 0.3) is 0 Å². The summed E-state index contributed by atoms with van der Waals surface area (Å²) in [7, 11) is 0. The summed E-state index contributed by atoms with van der Waals surface area (Å²) in [5.41, 5.74) is 2.11. The third kappa shape index (κ3) is 2.71. The fourth-order valence-electron chi connectivity index (χ4n) is 2.06. The minimum absolute atomic E-state index is 0.769. The average molecular weight is 265 g/mol. The molecule has 1 N–H and O–H groups in total. The lowest BCUT2D eigenvalue weighted by Gasteiger charge is -2.08. The number of fused-ring (bicyclic) bond motifs is 1. The molecule has 3 heterocycles. The smallest absolute Gasteiger partial charge is 0.136 e. The van der Waals surface area contributed by atoms with Gasteiger partial charge in [-0.3, -0.25) is 4.98 Å². The van der Waals surface area contributed by atoms with Crippen LogP contribution in [0.4, 0.5) is 5.82 Å². The molecule has 0 saturated heterocycles. The van der Waals surface area contributed by atoms with Crippen LogP contribution in [0.5, 0.6) is 0 Å². The van der Waals surface area contributed by atoms with Crippen LogP contribution in [0.15, 0.2) is 43.0 Å². The molecule has 100 valence electrons. The molecule has 0 aliphatic carbocycles. The Bertz CT molecular complexity index is 712. The molecular weight excluding hydrogens is 250 g/mol. The molecule has 0 atom stereocenters. The molecule has 0 saturated carbocycles. The highest BCUT2D eigenvalue weighted by Crippen LogP contribution is 2.18. The molecule has 0 aliphatic rings. The van der Waals surface area contributed by atoms with Gasteiger partial charge in [0.15, 0.2) is 0 Å². The first-order chi connectivity index (χ1) is 9.83. The van der Waals surface area contributed by atoms with Crippen molar-refractivity contribution in [3.8, 4) is 0 Å². The van der Waals surface area contributed by atoms with Gasteiger partial charge in [0, 0.05) is 31.3 Å². The lowest BCUT2D eigenvalue weighted by atomic mass is 10.2. The molecule has 3 rings (SSSR count). The lowest BCUT2D eigenvalue weighted by Crippen LogP contribution is -2.07. The van der Waals surface area contributed by atoms with E-state index >= 15 is 0 Å². The van der Waals surface area contributed by atoms with Crippen LogP contribution in [0.1, 0.15) is 11.4 Å². The highest BCUT2D eigenvalue weighted by atomic mass is 15.0. The predicted molar refractivity (Wildman–Crippen MR) is 78.5 cm³/mol. The van der Waals surface area contributed by atoms with E-state index in [2.05, 4.69) is 31.3 Å². The van der Waals surface area contributed by atoms with Gasteiger partial charge in [-0.15, -0.1) is 0 Å². The van der Waals surface area contributed by atoms with Crippen molar-refractivity contribution in [3.63, 3.8) is 0 Å². The van der Waals surface area contributed by atoms with Crippen molar-refractivity contribution in [2.75, 3.05) is 11.9 Å². The maximum absolute atomic E-state index is 4.40. The second-order valence-electron chi connectivity index (χ2n) is 4.55. The molecule has 5 nitrogen and oxygen atoms in total. The number of aryl methyl sites for hydroxylation is 1. The van der Waals surface area contributed by atoms with Gasteiger partial charge in [0.05, 0.1) is 10.9 Å². The number of hydrogen-bond acceptors (Lipinski definition) is 5. The van der Waals surface area contributed by atoms with Crippen LogP contribution in [-0.4, -0.2) is 26.5 Å². The number of nitrogens with one attached hydrogen (secondary N) is 1. The Morgan fingerprint density at radius 1 is 1.10 bits per heavy atom. The van der Waals surface area contributed by atoms with E-state index in [1.807, 2.05) is 31.5 Å². The quantitative estimate of drug-likeness (QED) is 0.784. The second kappa shape index (κ2) is 5.61. The van der Waals surface area contributed by atoms with E-state index in [9.17, 15) is 0 Å². The van der Waals surface area contributed by atoms with Gasteiger partial charge < -0.3 is 5.32 Å². The summed E-state index contributed by atoms with van der Waals surface area (Å²) in [6.07, 6.45) is 8.14. The first-order valence-corrected chi connectivity index (χ1v) is 6.54. The highest BCUT2D eigenvalue weighted by Gasteiger charge is 2.03. The number of nitrogens with zero attached hydrogens (tertiary/aromatic N) is 4. The number of hydrogen-bond donors (Lipinski definition) is 1. The highest BCUT2D eigenvalue weighted by molar-refractivity contribution is 5.88. The summed E-state index contributed by atoms with van der Waals surface area (Å²) in [5, 5.41) is 4.29. The number of aromatic nitrogens is 4. The lowest BCUT2D eigenvalue weighted by molar-refractivity contribution is 0.995. The fraction of sp³-hybridized carbons (Fsp3) is 0.200. The summed E-state index contributed by atoms with van der Waals surface area (Å²) in [6, 6.07) is 5.91. The van der Waals surface area contributed by atoms with E-state index in [1.165, 1.54) is 5.56 Å². The van der Waals surface area contributed by atoms with Crippen LogP contribution in [0.25, 0.3) is 10.9 Å². The molecule has 0 spiro atoms. The summed E-state index contributed by atoms with van der Waals surface area (Å²) in [5.74, 6) is 1.59. The normalized spacial score (nSPS) is 10.7. The molecule has 3 aromatic rings. The van der Waals surface area contributed by atoms with Crippen molar-refractivity contribution < 1.29 is 0 Å². The molecule has 0 radical (unpaired) electrons. The summed E-state index contributed by atoms with van der Waals surface area (Å²) in [4.78, 5) is 17.1. The van der Waals surface area contributed by atoms with Gasteiger partial charge in [-0.1, -0.05) is 6.07 Å². The Kier molecular flexibility index (Phi) is 3.50. The van der Waals surface area contributed by atoms with Crippen LogP contribution >= 0.6 is 0 Å². The zero-order valence-corrected chi connectivity index (χ0v) is 11.2. The molecule has 5 heteroatoms. The van der Waals surface area contributed by atoms with Gasteiger partial charge in [0.1, 0.15) is 11.6 Å². The van der Waals surface area contributed by atoms with Crippen LogP contribution < -0.4 is 5.32 Å². The van der Waals surface area contributed by atoms with Gasteiger partial charge in [-0.05, 0) is 31.0 Å². The molecule has 0 unspecified atom stereocenters. The van der Waals surface area contributed by atoms with E-state index in [0.29, 0.717) is 0 Å². The Morgan fingerprint density at radius 2 is 2.05 bits per heavy atom. The number of rotatable bonds is 4. The van der Waals surface area contributed by atoms with Crippen LogP contribution in [0.2, 0.25) is 0 Å².